The van der Waals surface area contributed by atoms with E-state index >= 15 is 0 Å². The van der Waals surface area contributed by atoms with Crippen LogP contribution >= 0.6 is 23.2 Å². The summed E-state index contributed by atoms with van der Waals surface area (Å²) in [6.07, 6.45) is 0. The van der Waals surface area contributed by atoms with Crippen molar-refractivity contribution >= 4 is 34.8 Å². The van der Waals surface area contributed by atoms with E-state index in [-0.39, 0.29) is 18.1 Å². The lowest BCUT2D eigenvalue weighted by Crippen LogP contribution is -2.43. The van der Waals surface area contributed by atoms with E-state index in [1.54, 1.807) is 31.4 Å². The predicted octanol–water partition coefficient (Wildman–Crippen LogP) is 4.91. The summed E-state index contributed by atoms with van der Waals surface area (Å²) in [6.45, 7) is 6.20. The molecule has 0 aliphatic rings. The summed E-state index contributed by atoms with van der Waals surface area (Å²) in [4.78, 5) is 11.9. The molecule has 0 atom stereocenters. The molecule has 0 radical (unpaired) electrons. The maximum absolute atomic E-state index is 11.9. The number of carbonyl (C=O) groups is 1. The van der Waals surface area contributed by atoms with Crippen LogP contribution in [0.5, 0.6) is 11.5 Å². The van der Waals surface area contributed by atoms with E-state index in [0.29, 0.717) is 28.1 Å². The van der Waals surface area contributed by atoms with Crippen molar-refractivity contribution in [2.75, 3.05) is 19.0 Å². The van der Waals surface area contributed by atoms with Crippen LogP contribution < -0.4 is 20.1 Å². The van der Waals surface area contributed by atoms with Crippen LogP contribution in [0.1, 0.15) is 26.3 Å². The molecular weight excluding hydrogens is 387 g/mol. The Morgan fingerprint density at radius 3 is 2.48 bits per heavy atom. The summed E-state index contributed by atoms with van der Waals surface area (Å²) >= 11 is 12.2. The number of rotatable bonds is 7. The van der Waals surface area contributed by atoms with Crippen molar-refractivity contribution < 1.29 is 14.3 Å². The average Bonchev–Trinajstić information content (AvgIpc) is 2.59. The highest BCUT2D eigenvalue weighted by molar-refractivity contribution is 6.35. The van der Waals surface area contributed by atoms with Crippen molar-refractivity contribution in [3.05, 3.63) is 52.0 Å². The van der Waals surface area contributed by atoms with Gasteiger partial charge in [-0.2, -0.15) is 0 Å². The maximum atomic E-state index is 11.9. The Bertz CT molecular complexity index is 804. The van der Waals surface area contributed by atoms with Gasteiger partial charge in [-0.15, -0.1) is 0 Å². The van der Waals surface area contributed by atoms with Crippen LogP contribution in [0.3, 0.4) is 0 Å². The lowest BCUT2D eigenvalue weighted by atomic mass is 10.1. The highest BCUT2D eigenvalue weighted by atomic mass is 35.5. The van der Waals surface area contributed by atoms with E-state index in [2.05, 4.69) is 10.6 Å². The first kappa shape index (κ1) is 21.2. The van der Waals surface area contributed by atoms with E-state index < -0.39 is 0 Å². The van der Waals surface area contributed by atoms with Crippen LogP contribution in [0.2, 0.25) is 10.0 Å². The van der Waals surface area contributed by atoms with Crippen LogP contribution in [0.25, 0.3) is 0 Å². The van der Waals surface area contributed by atoms with E-state index in [0.717, 1.165) is 11.3 Å². The lowest BCUT2D eigenvalue weighted by Gasteiger charge is -2.20. The third-order valence-corrected chi connectivity index (χ3v) is 4.08. The normalized spacial score (nSPS) is 11.0. The molecule has 0 aliphatic carbocycles. The number of methoxy groups -OCH3 is 1. The molecular formula is C20H24Cl2N2O3. The molecule has 2 N–H and O–H groups in total. The number of amides is 1. The summed E-state index contributed by atoms with van der Waals surface area (Å²) in [5, 5.41) is 7.29. The third kappa shape index (κ3) is 6.85. The quantitative estimate of drug-likeness (QED) is 0.680. The zero-order valence-corrected chi connectivity index (χ0v) is 17.4. The molecule has 2 rings (SSSR count). The highest BCUT2D eigenvalue weighted by Crippen LogP contribution is 2.30. The van der Waals surface area contributed by atoms with Crippen LogP contribution in [-0.2, 0) is 11.3 Å². The lowest BCUT2D eigenvalue weighted by molar-refractivity contribution is -0.124. The topological polar surface area (TPSA) is 59.6 Å². The molecule has 1 amide bonds. The Kier molecular flexibility index (Phi) is 7.22. The average molecular weight is 411 g/mol. The van der Waals surface area contributed by atoms with E-state index in [4.69, 9.17) is 32.7 Å². The fraction of sp³-hybridized carbons (Fsp3) is 0.350. The van der Waals surface area contributed by atoms with Gasteiger partial charge in [0.2, 0.25) is 0 Å². The summed E-state index contributed by atoms with van der Waals surface area (Å²) in [6, 6.07) is 10.8. The number of nitrogens with one attached hydrogen (secondary N) is 2. The van der Waals surface area contributed by atoms with Crippen molar-refractivity contribution in [3.63, 3.8) is 0 Å². The minimum absolute atomic E-state index is 0.0800. The SMILES string of the molecule is COc1cc(CNc2cc(Cl)ccc2Cl)ccc1OCC(=O)NC(C)(C)C. The van der Waals surface area contributed by atoms with Gasteiger partial charge < -0.3 is 20.1 Å². The van der Waals surface area contributed by atoms with Gasteiger partial charge in [0.15, 0.2) is 18.1 Å². The highest BCUT2D eigenvalue weighted by Gasteiger charge is 2.15. The first-order chi connectivity index (χ1) is 12.7. The van der Waals surface area contributed by atoms with Gasteiger partial charge in [-0.1, -0.05) is 29.3 Å². The first-order valence-electron chi connectivity index (χ1n) is 8.47. The zero-order valence-electron chi connectivity index (χ0n) is 15.9. The molecule has 2 aromatic rings. The molecule has 0 aliphatic heterocycles. The minimum Gasteiger partial charge on any atom is -0.493 e. The summed E-state index contributed by atoms with van der Waals surface area (Å²) in [7, 11) is 1.56. The monoisotopic (exact) mass is 410 g/mol. The number of hydrogen-bond donors (Lipinski definition) is 2. The number of hydrogen-bond acceptors (Lipinski definition) is 4. The van der Waals surface area contributed by atoms with Crippen LogP contribution in [0, 0.1) is 0 Å². The molecule has 146 valence electrons. The Balaban J connectivity index is 2.00. The number of benzene rings is 2. The largest absolute Gasteiger partial charge is 0.493 e. The van der Waals surface area contributed by atoms with E-state index in [1.807, 2.05) is 32.9 Å². The molecule has 0 saturated carbocycles. The molecule has 2 aromatic carbocycles. The van der Waals surface area contributed by atoms with Gasteiger partial charge in [-0.3, -0.25) is 4.79 Å². The third-order valence-electron chi connectivity index (χ3n) is 3.51. The molecule has 0 bridgehead atoms. The van der Waals surface area contributed by atoms with Crippen molar-refractivity contribution in [1.82, 2.24) is 5.32 Å². The van der Waals surface area contributed by atoms with E-state index in [9.17, 15) is 4.79 Å². The van der Waals surface area contributed by atoms with Gasteiger partial charge in [-0.25, -0.2) is 0 Å². The summed E-state index contributed by atoms with van der Waals surface area (Å²) in [5.41, 5.74) is 1.42. The molecule has 0 fully saturated rings. The Labute approximate surface area is 170 Å². The maximum Gasteiger partial charge on any atom is 0.258 e. The Morgan fingerprint density at radius 1 is 1.07 bits per heavy atom. The van der Waals surface area contributed by atoms with Crippen molar-refractivity contribution in [2.24, 2.45) is 0 Å². The van der Waals surface area contributed by atoms with Crippen molar-refractivity contribution in [2.45, 2.75) is 32.9 Å². The molecule has 0 aromatic heterocycles. The van der Waals surface area contributed by atoms with Gasteiger partial charge in [-0.05, 0) is 56.7 Å². The second kappa shape index (κ2) is 9.20. The van der Waals surface area contributed by atoms with Crippen molar-refractivity contribution in [3.8, 4) is 11.5 Å². The molecule has 27 heavy (non-hydrogen) atoms. The first-order valence-corrected chi connectivity index (χ1v) is 9.23. The fourth-order valence-electron chi connectivity index (χ4n) is 2.37. The van der Waals surface area contributed by atoms with Crippen LogP contribution in [-0.4, -0.2) is 25.2 Å². The summed E-state index contributed by atoms with van der Waals surface area (Å²) < 4.78 is 11.0. The van der Waals surface area contributed by atoms with E-state index in [1.165, 1.54) is 0 Å². The standard InChI is InChI=1S/C20H24Cl2N2O3/c1-20(2,3)24-19(25)12-27-17-8-5-13(9-18(17)26-4)11-23-16-10-14(21)6-7-15(16)22/h5-10,23H,11-12H2,1-4H3,(H,24,25). The molecule has 7 heteroatoms. The van der Waals surface area contributed by atoms with Gasteiger partial charge in [0.25, 0.3) is 5.91 Å². The Morgan fingerprint density at radius 2 is 1.81 bits per heavy atom. The van der Waals surface area contributed by atoms with Gasteiger partial charge in [0.05, 0.1) is 17.8 Å². The van der Waals surface area contributed by atoms with Crippen LogP contribution in [0.4, 0.5) is 5.69 Å². The smallest absolute Gasteiger partial charge is 0.258 e. The second-order valence-corrected chi connectivity index (χ2v) is 7.89. The number of halogens is 2. The number of anilines is 1. The van der Waals surface area contributed by atoms with Gasteiger partial charge in [0.1, 0.15) is 0 Å². The number of carbonyl (C=O) groups excluding carboxylic acids is 1. The molecule has 5 nitrogen and oxygen atoms in total. The molecule has 0 heterocycles. The predicted molar refractivity (Wildman–Crippen MR) is 110 cm³/mol. The number of ether oxygens (including phenoxy) is 2. The zero-order chi connectivity index (χ0) is 20.0. The molecule has 0 saturated heterocycles. The molecule has 0 unspecified atom stereocenters. The second-order valence-electron chi connectivity index (χ2n) is 7.05. The summed E-state index contributed by atoms with van der Waals surface area (Å²) in [5.74, 6) is 0.868. The minimum atomic E-state index is -0.304. The Hall–Kier alpha value is -2.11. The van der Waals surface area contributed by atoms with Gasteiger partial charge in [0, 0.05) is 17.1 Å². The van der Waals surface area contributed by atoms with Crippen molar-refractivity contribution in [1.29, 1.82) is 0 Å². The fourth-order valence-corrected chi connectivity index (χ4v) is 2.73. The van der Waals surface area contributed by atoms with Crippen LogP contribution in [0.15, 0.2) is 36.4 Å². The molecule has 0 spiro atoms. The van der Waals surface area contributed by atoms with Gasteiger partial charge >= 0.3 is 0 Å².